The molecule has 1 N–H and O–H groups in total. The molecular formula is C25H26Cl2F6N2. The first-order valence-corrected chi connectivity index (χ1v) is 11.8. The first-order chi connectivity index (χ1) is 16.1. The summed E-state index contributed by atoms with van der Waals surface area (Å²) in [6.45, 7) is 7.14. The van der Waals surface area contributed by atoms with Crippen LogP contribution in [0.15, 0.2) is 58.4 Å². The molecule has 0 radical (unpaired) electrons. The molecule has 0 saturated carbocycles. The maximum atomic E-state index is 13.7. The summed E-state index contributed by atoms with van der Waals surface area (Å²) < 4.78 is 80.2. The van der Waals surface area contributed by atoms with Crippen molar-refractivity contribution >= 4 is 29.9 Å². The van der Waals surface area contributed by atoms with Crippen molar-refractivity contribution in [1.82, 2.24) is 5.32 Å². The van der Waals surface area contributed by atoms with Gasteiger partial charge in [0.05, 0.1) is 27.9 Å². The molecule has 10 heteroatoms. The average molecular weight is 539 g/mol. The van der Waals surface area contributed by atoms with Crippen LogP contribution in [0.4, 0.5) is 26.3 Å². The molecule has 0 saturated heterocycles. The summed E-state index contributed by atoms with van der Waals surface area (Å²) in [5.74, 6) is 0. The van der Waals surface area contributed by atoms with Crippen LogP contribution in [0, 0.1) is 5.41 Å². The fourth-order valence-electron chi connectivity index (χ4n) is 4.45. The second kappa shape index (κ2) is 9.85. The number of halogens is 8. The fourth-order valence-corrected chi connectivity index (χ4v) is 5.01. The van der Waals surface area contributed by atoms with Gasteiger partial charge in [0.25, 0.3) is 0 Å². The number of nitrogens with one attached hydrogen (secondary N) is 1. The van der Waals surface area contributed by atoms with Gasteiger partial charge in [-0.15, -0.1) is 23.2 Å². The van der Waals surface area contributed by atoms with Gasteiger partial charge >= 0.3 is 12.4 Å². The van der Waals surface area contributed by atoms with Crippen molar-refractivity contribution in [2.45, 2.75) is 68.7 Å². The van der Waals surface area contributed by atoms with E-state index in [1.54, 1.807) is 0 Å². The Morgan fingerprint density at radius 1 is 1.17 bits per heavy atom. The second-order valence-electron chi connectivity index (χ2n) is 9.45. The van der Waals surface area contributed by atoms with Crippen molar-refractivity contribution in [2.75, 3.05) is 0 Å². The van der Waals surface area contributed by atoms with Crippen LogP contribution in [0.2, 0.25) is 0 Å². The van der Waals surface area contributed by atoms with E-state index in [0.717, 1.165) is 11.6 Å². The highest BCUT2D eigenvalue weighted by Crippen LogP contribution is 2.45. The number of rotatable bonds is 6. The monoisotopic (exact) mass is 538 g/mol. The smallest absolute Gasteiger partial charge is 0.379 e. The summed E-state index contributed by atoms with van der Waals surface area (Å²) in [6, 6.07) is 1.65. The lowest BCUT2D eigenvalue weighted by Gasteiger charge is -2.32. The molecule has 192 valence electrons. The van der Waals surface area contributed by atoms with E-state index >= 15 is 0 Å². The molecule has 1 aromatic rings. The molecule has 0 aromatic heterocycles. The van der Waals surface area contributed by atoms with Gasteiger partial charge in [0.2, 0.25) is 0 Å². The predicted molar refractivity (Wildman–Crippen MR) is 128 cm³/mol. The molecule has 3 atom stereocenters. The number of benzene rings is 1. The maximum Gasteiger partial charge on any atom is 0.416 e. The fraction of sp³-hybridized carbons (Fsp3) is 0.480. The lowest BCUT2D eigenvalue weighted by atomic mass is 9.81. The molecule has 0 fully saturated rings. The predicted octanol–water partition coefficient (Wildman–Crippen LogP) is 8.41. The van der Waals surface area contributed by atoms with Crippen LogP contribution in [0.25, 0.3) is 0 Å². The second-order valence-corrected chi connectivity index (χ2v) is 10.9. The summed E-state index contributed by atoms with van der Waals surface area (Å²) in [6.07, 6.45) is -1.97. The van der Waals surface area contributed by atoms with Gasteiger partial charge in [-0.3, -0.25) is 4.99 Å². The zero-order chi connectivity index (χ0) is 26.2. The number of nitrogens with zero attached hydrogens (tertiary/aromatic N) is 1. The van der Waals surface area contributed by atoms with Crippen LogP contribution in [-0.4, -0.2) is 17.0 Å². The van der Waals surface area contributed by atoms with E-state index in [1.807, 2.05) is 32.1 Å². The van der Waals surface area contributed by atoms with Crippen LogP contribution in [0.3, 0.4) is 0 Å². The van der Waals surface area contributed by atoms with Crippen molar-refractivity contribution in [3.8, 4) is 0 Å². The van der Waals surface area contributed by atoms with E-state index in [0.29, 0.717) is 43.1 Å². The molecule has 0 aliphatic heterocycles. The van der Waals surface area contributed by atoms with Gasteiger partial charge < -0.3 is 5.32 Å². The number of alkyl halides is 8. The Labute approximate surface area is 210 Å². The van der Waals surface area contributed by atoms with E-state index in [1.165, 1.54) is 0 Å². The quantitative estimate of drug-likeness (QED) is 0.167. The zero-order valence-electron chi connectivity index (χ0n) is 19.3. The first-order valence-electron chi connectivity index (χ1n) is 11.0. The number of aliphatic imine (C=N–C) groups is 1. The summed E-state index contributed by atoms with van der Waals surface area (Å²) >= 11 is 12.7. The van der Waals surface area contributed by atoms with Gasteiger partial charge in [0, 0.05) is 16.8 Å². The molecule has 2 aliphatic rings. The SMILES string of the molecule is C=N/C(=C(\NCc1ccc(C(F)(F)F)cc1C(F)(F)F)C1=CCC(C)(Cl)CC1)C1(C)C=CC(Cl)C1. The van der Waals surface area contributed by atoms with Crippen molar-refractivity contribution < 1.29 is 26.3 Å². The molecule has 1 aromatic carbocycles. The topological polar surface area (TPSA) is 24.4 Å². The number of hydrogen-bond acceptors (Lipinski definition) is 2. The van der Waals surface area contributed by atoms with Crippen molar-refractivity contribution in [1.29, 1.82) is 0 Å². The maximum absolute atomic E-state index is 13.7. The lowest BCUT2D eigenvalue weighted by molar-refractivity contribution is -0.143. The molecule has 3 rings (SSSR count). The highest BCUT2D eigenvalue weighted by atomic mass is 35.5. The highest BCUT2D eigenvalue weighted by molar-refractivity contribution is 6.23. The summed E-state index contributed by atoms with van der Waals surface area (Å²) in [5, 5.41) is 2.81. The van der Waals surface area contributed by atoms with Crippen LogP contribution in [-0.2, 0) is 18.9 Å². The average Bonchev–Trinajstić information content (AvgIpc) is 3.09. The van der Waals surface area contributed by atoms with Crippen molar-refractivity contribution in [3.05, 3.63) is 70.1 Å². The van der Waals surface area contributed by atoms with Crippen molar-refractivity contribution in [2.24, 2.45) is 10.4 Å². The molecule has 2 aliphatic carbocycles. The van der Waals surface area contributed by atoms with Crippen LogP contribution in [0.1, 0.15) is 56.2 Å². The molecule has 0 amide bonds. The van der Waals surface area contributed by atoms with E-state index in [2.05, 4.69) is 17.0 Å². The van der Waals surface area contributed by atoms with Gasteiger partial charge in [-0.25, -0.2) is 0 Å². The summed E-state index contributed by atoms with van der Waals surface area (Å²) in [7, 11) is 0. The lowest BCUT2D eigenvalue weighted by Crippen LogP contribution is -2.27. The molecule has 35 heavy (non-hydrogen) atoms. The summed E-state index contributed by atoms with van der Waals surface area (Å²) in [4.78, 5) is 3.79. The minimum absolute atomic E-state index is 0.144. The Morgan fingerprint density at radius 2 is 1.86 bits per heavy atom. The van der Waals surface area contributed by atoms with Gasteiger partial charge in [-0.05, 0) is 62.6 Å². The minimum atomic E-state index is -4.96. The van der Waals surface area contributed by atoms with E-state index in [4.69, 9.17) is 23.2 Å². The Hall–Kier alpha value is -1.93. The zero-order valence-corrected chi connectivity index (χ0v) is 20.8. The Kier molecular flexibility index (Phi) is 7.78. The molecule has 3 unspecified atom stereocenters. The third-order valence-electron chi connectivity index (χ3n) is 6.44. The van der Waals surface area contributed by atoms with Crippen LogP contribution in [0.5, 0.6) is 0 Å². The minimum Gasteiger partial charge on any atom is -0.379 e. The molecule has 0 heterocycles. The van der Waals surface area contributed by atoms with Crippen LogP contribution >= 0.6 is 23.2 Å². The Bertz CT molecular complexity index is 1070. The highest BCUT2D eigenvalue weighted by Gasteiger charge is 2.39. The molecule has 0 bridgehead atoms. The first kappa shape index (κ1) is 27.7. The molecular weight excluding hydrogens is 513 g/mol. The third-order valence-corrected chi connectivity index (χ3v) is 7.08. The van der Waals surface area contributed by atoms with E-state index in [-0.39, 0.29) is 23.6 Å². The van der Waals surface area contributed by atoms with Gasteiger partial charge in [0.15, 0.2) is 0 Å². The Balaban J connectivity index is 2.05. The van der Waals surface area contributed by atoms with Crippen LogP contribution < -0.4 is 5.32 Å². The number of allylic oxidation sites excluding steroid dienone is 4. The number of hydrogen-bond donors (Lipinski definition) is 1. The standard InChI is InChI=1S/C25H26Cl2F6N2/c1-22(9-8-18(26)13-22)21(34-3)20(15-6-10-23(2,27)11-7-15)35-14-16-4-5-17(24(28,29)30)12-19(16)25(31,32)33/h4-6,8-9,12,18,35H,3,7,10-11,13-14H2,1-2H3/b21-20-. The normalized spacial score (nSPS) is 27.9. The van der Waals surface area contributed by atoms with Gasteiger partial charge in [0.1, 0.15) is 0 Å². The summed E-state index contributed by atoms with van der Waals surface area (Å²) in [5.41, 5.74) is -1.80. The van der Waals surface area contributed by atoms with Gasteiger partial charge in [-0.2, -0.15) is 26.3 Å². The Morgan fingerprint density at radius 3 is 2.34 bits per heavy atom. The molecule has 2 nitrogen and oxygen atoms in total. The van der Waals surface area contributed by atoms with Crippen molar-refractivity contribution in [3.63, 3.8) is 0 Å². The van der Waals surface area contributed by atoms with E-state index < -0.39 is 33.8 Å². The third kappa shape index (κ3) is 6.45. The molecule has 0 spiro atoms. The van der Waals surface area contributed by atoms with Gasteiger partial charge in [-0.1, -0.05) is 31.2 Å². The van der Waals surface area contributed by atoms with E-state index in [9.17, 15) is 26.3 Å². The largest absolute Gasteiger partial charge is 0.416 e.